The second-order valence-corrected chi connectivity index (χ2v) is 6.58. The largest absolute Gasteiger partial charge is 0.378 e. The van der Waals surface area contributed by atoms with E-state index in [1.54, 1.807) is 0 Å². The van der Waals surface area contributed by atoms with Crippen LogP contribution < -0.4 is 5.32 Å². The molecule has 0 aliphatic carbocycles. The molecule has 1 spiro atoms. The standard InChI is InChI=1S/C15H21BrN2O2/c1-17-13(14-12(16)3-2-6-18-14)11-4-7-20-15(9-11)5-8-19-10-15/h2-3,6,11,13,17H,4-5,7-10H2,1H3. The fraction of sp³-hybridized carbons (Fsp3) is 0.667. The Balaban J connectivity index is 1.81. The summed E-state index contributed by atoms with van der Waals surface area (Å²) in [6.45, 7) is 2.38. The first-order valence-corrected chi connectivity index (χ1v) is 8.03. The van der Waals surface area contributed by atoms with E-state index in [2.05, 4.69) is 32.3 Å². The summed E-state index contributed by atoms with van der Waals surface area (Å²) < 4.78 is 12.7. The molecule has 2 fully saturated rings. The van der Waals surface area contributed by atoms with Gasteiger partial charge in [0.25, 0.3) is 0 Å². The summed E-state index contributed by atoms with van der Waals surface area (Å²) in [5.41, 5.74) is 1.04. The Kier molecular flexibility index (Phi) is 4.40. The van der Waals surface area contributed by atoms with Gasteiger partial charge in [0.1, 0.15) is 0 Å². The summed E-state index contributed by atoms with van der Waals surface area (Å²) in [5, 5.41) is 3.45. The van der Waals surface area contributed by atoms with E-state index in [1.165, 1.54) is 0 Å². The van der Waals surface area contributed by atoms with Gasteiger partial charge in [-0.3, -0.25) is 4.98 Å². The number of halogens is 1. The minimum atomic E-state index is -0.0563. The maximum absolute atomic E-state index is 6.03. The first-order valence-electron chi connectivity index (χ1n) is 7.23. The fourth-order valence-corrected chi connectivity index (χ4v) is 3.94. The van der Waals surface area contributed by atoms with Crippen molar-refractivity contribution in [2.45, 2.75) is 30.9 Å². The van der Waals surface area contributed by atoms with Crippen LogP contribution in [-0.4, -0.2) is 37.5 Å². The van der Waals surface area contributed by atoms with Crippen LogP contribution in [0.1, 0.15) is 31.0 Å². The Morgan fingerprint density at radius 3 is 3.10 bits per heavy atom. The topological polar surface area (TPSA) is 43.4 Å². The molecule has 0 saturated carbocycles. The van der Waals surface area contributed by atoms with E-state index in [4.69, 9.17) is 9.47 Å². The van der Waals surface area contributed by atoms with Crippen molar-refractivity contribution >= 4 is 15.9 Å². The summed E-state index contributed by atoms with van der Waals surface area (Å²) in [7, 11) is 2.01. The minimum absolute atomic E-state index is 0.0563. The summed E-state index contributed by atoms with van der Waals surface area (Å²) in [5.74, 6) is 0.529. The monoisotopic (exact) mass is 340 g/mol. The molecule has 2 saturated heterocycles. The van der Waals surface area contributed by atoms with Crippen molar-refractivity contribution in [3.63, 3.8) is 0 Å². The lowest BCUT2D eigenvalue weighted by Gasteiger charge is -2.40. The van der Waals surface area contributed by atoms with Crippen LogP contribution in [0.4, 0.5) is 0 Å². The Bertz CT molecular complexity index is 463. The Morgan fingerprint density at radius 2 is 2.40 bits per heavy atom. The summed E-state index contributed by atoms with van der Waals surface area (Å²) in [6.07, 6.45) is 4.99. The van der Waals surface area contributed by atoms with Gasteiger partial charge in [-0.2, -0.15) is 0 Å². The van der Waals surface area contributed by atoms with Crippen molar-refractivity contribution in [1.29, 1.82) is 0 Å². The molecule has 3 atom stereocenters. The van der Waals surface area contributed by atoms with Crippen LogP contribution in [0.5, 0.6) is 0 Å². The number of hydrogen-bond donors (Lipinski definition) is 1. The molecule has 5 heteroatoms. The van der Waals surface area contributed by atoms with Gasteiger partial charge < -0.3 is 14.8 Å². The highest BCUT2D eigenvalue weighted by atomic mass is 79.9. The second kappa shape index (κ2) is 6.10. The van der Waals surface area contributed by atoms with Gasteiger partial charge >= 0.3 is 0 Å². The van der Waals surface area contributed by atoms with E-state index in [1.807, 2.05) is 19.3 Å². The average Bonchev–Trinajstić information content (AvgIpc) is 2.90. The number of ether oxygens (including phenoxy) is 2. The molecule has 0 amide bonds. The third-order valence-electron chi connectivity index (χ3n) is 4.46. The van der Waals surface area contributed by atoms with E-state index < -0.39 is 0 Å². The van der Waals surface area contributed by atoms with Crippen LogP contribution in [0, 0.1) is 5.92 Å². The van der Waals surface area contributed by atoms with Gasteiger partial charge in [0.15, 0.2) is 0 Å². The normalized spacial score (nSPS) is 31.6. The van der Waals surface area contributed by atoms with Crippen LogP contribution in [0.25, 0.3) is 0 Å². The number of nitrogens with one attached hydrogen (secondary N) is 1. The molecule has 2 aliphatic rings. The van der Waals surface area contributed by atoms with E-state index in [-0.39, 0.29) is 11.6 Å². The second-order valence-electron chi connectivity index (χ2n) is 5.72. The van der Waals surface area contributed by atoms with Gasteiger partial charge in [-0.1, -0.05) is 0 Å². The first-order chi connectivity index (χ1) is 9.74. The predicted molar refractivity (Wildman–Crippen MR) is 80.6 cm³/mol. The summed E-state index contributed by atoms with van der Waals surface area (Å²) >= 11 is 3.62. The zero-order valence-electron chi connectivity index (χ0n) is 11.8. The number of rotatable bonds is 3. The number of hydrogen-bond acceptors (Lipinski definition) is 4. The molecule has 2 aliphatic heterocycles. The Morgan fingerprint density at radius 1 is 1.50 bits per heavy atom. The highest BCUT2D eigenvalue weighted by molar-refractivity contribution is 9.10. The van der Waals surface area contributed by atoms with Crippen molar-refractivity contribution in [2.75, 3.05) is 26.9 Å². The molecule has 3 unspecified atom stereocenters. The molecule has 3 heterocycles. The SMILES string of the molecule is CNC(c1ncccc1Br)C1CCOC2(CCOC2)C1. The molecular weight excluding hydrogens is 320 g/mol. The highest BCUT2D eigenvalue weighted by Crippen LogP contribution is 2.41. The molecule has 4 nitrogen and oxygen atoms in total. The molecule has 0 aromatic carbocycles. The quantitative estimate of drug-likeness (QED) is 0.918. The van der Waals surface area contributed by atoms with E-state index >= 15 is 0 Å². The van der Waals surface area contributed by atoms with Gasteiger partial charge in [-0.05, 0) is 53.9 Å². The van der Waals surface area contributed by atoms with Gasteiger partial charge in [0.2, 0.25) is 0 Å². The average molecular weight is 341 g/mol. The lowest BCUT2D eigenvalue weighted by atomic mass is 9.80. The maximum Gasteiger partial charge on any atom is 0.0940 e. The fourth-order valence-electron chi connectivity index (χ4n) is 3.44. The van der Waals surface area contributed by atoms with E-state index in [0.717, 1.165) is 49.2 Å². The van der Waals surface area contributed by atoms with Gasteiger partial charge in [-0.25, -0.2) is 0 Å². The van der Waals surface area contributed by atoms with Crippen molar-refractivity contribution in [1.82, 2.24) is 10.3 Å². The zero-order valence-corrected chi connectivity index (χ0v) is 13.4. The van der Waals surface area contributed by atoms with Gasteiger partial charge in [0.05, 0.1) is 23.9 Å². The molecule has 1 aromatic heterocycles. The Labute approximate surface area is 128 Å². The molecule has 20 heavy (non-hydrogen) atoms. The molecule has 0 bridgehead atoms. The molecule has 3 rings (SSSR count). The highest BCUT2D eigenvalue weighted by Gasteiger charge is 2.43. The molecule has 0 radical (unpaired) electrons. The number of pyridine rings is 1. The lowest BCUT2D eigenvalue weighted by Crippen LogP contribution is -2.43. The van der Waals surface area contributed by atoms with Crippen LogP contribution in [0.3, 0.4) is 0 Å². The summed E-state index contributed by atoms with van der Waals surface area (Å²) in [6, 6.07) is 4.27. The molecule has 1 aromatic rings. The van der Waals surface area contributed by atoms with Crippen molar-refractivity contribution in [3.05, 3.63) is 28.5 Å². The maximum atomic E-state index is 6.03. The van der Waals surface area contributed by atoms with Crippen molar-refractivity contribution < 1.29 is 9.47 Å². The van der Waals surface area contributed by atoms with Crippen LogP contribution in [0.2, 0.25) is 0 Å². The van der Waals surface area contributed by atoms with Crippen molar-refractivity contribution in [3.8, 4) is 0 Å². The van der Waals surface area contributed by atoms with Gasteiger partial charge in [-0.15, -0.1) is 0 Å². The van der Waals surface area contributed by atoms with Gasteiger partial charge in [0, 0.05) is 30.3 Å². The molecule has 1 N–H and O–H groups in total. The van der Waals surface area contributed by atoms with Crippen LogP contribution >= 0.6 is 15.9 Å². The molecule has 110 valence electrons. The van der Waals surface area contributed by atoms with E-state index in [9.17, 15) is 0 Å². The third kappa shape index (κ3) is 2.77. The number of nitrogens with zero attached hydrogens (tertiary/aromatic N) is 1. The minimum Gasteiger partial charge on any atom is -0.378 e. The third-order valence-corrected chi connectivity index (χ3v) is 5.13. The summed E-state index contributed by atoms with van der Waals surface area (Å²) in [4.78, 5) is 4.56. The predicted octanol–water partition coefficient (Wildman–Crippen LogP) is 2.69. The first kappa shape index (κ1) is 14.4. The Hall–Kier alpha value is -0.490. The smallest absolute Gasteiger partial charge is 0.0940 e. The molecular formula is C15H21BrN2O2. The van der Waals surface area contributed by atoms with E-state index in [0.29, 0.717) is 5.92 Å². The van der Waals surface area contributed by atoms with Crippen LogP contribution in [0.15, 0.2) is 22.8 Å². The lowest BCUT2D eigenvalue weighted by molar-refractivity contribution is -0.103. The number of aromatic nitrogens is 1. The zero-order chi connectivity index (χ0) is 14.0. The van der Waals surface area contributed by atoms with Crippen LogP contribution in [-0.2, 0) is 9.47 Å². The van der Waals surface area contributed by atoms with Crippen molar-refractivity contribution in [2.24, 2.45) is 5.92 Å².